The van der Waals surface area contributed by atoms with Crippen LogP contribution in [0.4, 0.5) is 0 Å². The van der Waals surface area contributed by atoms with Crippen LogP contribution in [0, 0.1) is 22.7 Å². The van der Waals surface area contributed by atoms with Crippen LogP contribution in [0.25, 0.3) is 0 Å². The minimum atomic E-state index is -0.257. The van der Waals surface area contributed by atoms with Gasteiger partial charge < -0.3 is 4.74 Å². The Bertz CT molecular complexity index is 325. The molecule has 4 aliphatic rings. The fourth-order valence-corrected chi connectivity index (χ4v) is 5.45. The van der Waals surface area contributed by atoms with Gasteiger partial charge >= 0.3 is 5.97 Å². The first-order valence-electron chi connectivity index (χ1n) is 6.74. The molecule has 0 saturated heterocycles. The molecule has 0 aliphatic heterocycles. The van der Waals surface area contributed by atoms with E-state index in [0.717, 1.165) is 11.8 Å². The standard InChI is InChI=1S/C14H21ClO2/c1-13-3-10-2-11(4-13)6-14(5-10,8-13)9-17-12(16)7-15/h10-11H,2-9H2,1H3. The SMILES string of the molecule is CC12CC3CC(C1)CC(COC(=O)CCl)(C3)C2. The van der Waals surface area contributed by atoms with Gasteiger partial charge in [0, 0.05) is 5.41 Å². The van der Waals surface area contributed by atoms with E-state index in [1.807, 2.05) is 0 Å². The number of hydrogen-bond donors (Lipinski definition) is 0. The van der Waals surface area contributed by atoms with Gasteiger partial charge in [0.2, 0.25) is 0 Å². The number of alkyl halides is 1. The highest BCUT2D eigenvalue weighted by molar-refractivity contribution is 6.26. The summed E-state index contributed by atoms with van der Waals surface area (Å²) in [6.45, 7) is 3.05. The molecule has 0 radical (unpaired) electrons. The molecule has 4 aliphatic carbocycles. The molecule has 4 rings (SSSR count). The number of rotatable bonds is 3. The maximum atomic E-state index is 11.2. The lowest BCUT2D eigenvalue weighted by atomic mass is 9.45. The summed E-state index contributed by atoms with van der Waals surface area (Å²) < 4.78 is 5.35. The highest BCUT2D eigenvalue weighted by atomic mass is 35.5. The summed E-state index contributed by atoms with van der Waals surface area (Å²) in [6, 6.07) is 0. The molecular formula is C14H21ClO2. The Kier molecular flexibility index (Phi) is 2.70. The molecule has 0 spiro atoms. The van der Waals surface area contributed by atoms with E-state index in [2.05, 4.69) is 6.92 Å². The van der Waals surface area contributed by atoms with Crippen LogP contribution in [0.3, 0.4) is 0 Å². The first-order valence-corrected chi connectivity index (χ1v) is 7.28. The smallest absolute Gasteiger partial charge is 0.320 e. The molecule has 3 heteroatoms. The van der Waals surface area contributed by atoms with Gasteiger partial charge in [0.15, 0.2) is 0 Å². The molecule has 0 heterocycles. The Labute approximate surface area is 108 Å². The van der Waals surface area contributed by atoms with E-state index in [1.165, 1.54) is 38.5 Å². The number of esters is 1. The third-order valence-electron chi connectivity index (χ3n) is 5.12. The zero-order valence-electron chi connectivity index (χ0n) is 10.5. The van der Waals surface area contributed by atoms with Crippen LogP contribution in [-0.2, 0) is 9.53 Å². The van der Waals surface area contributed by atoms with Gasteiger partial charge in [-0.15, -0.1) is 11.6 Å². The third kappa shape index (κ3) is 2.09. The van der Waals surface area contributed by atoms with Crippen LogP contribution < -0.4 is 0 Å². The van der Waals surface area contributed by atoms with Crippen molar-refractivity contribution in [3.05, 3.63) is 0 Å². The Morgan fingerprint density at radius 1 is 1.29 bits per heavy atom. The van der Waals surface area contributed by atoms with Gasteiger partial charge in [0.05, 0.1) is 6.61 Å². The summed E-state index contributed by atoms with van der Waals surface area (Å²) >= 11 is 5.49. The normalized spacial score (nSPS) is 47.2. The van der Waals surface area contributed by atoms with E-state index in [9.17, 15) is 4.79 Å². The van der Waals surface area contributed by atoms with Gasteiger partial charge in [-0.2, -0.15) is 0 Å². The number of ether oxygens (including phenoxy) is 1. The van der Waals surface area contributed by atoms with Crippen molar-refractivity contribution >= 4 is 17.6 Å². The summed E-state index contributed by atoms with van der Waals surface area (Å²) in [4.78, 5) is 11.2. The van der Waals surface area contributed by atoms with E-state index < -0.39 is 0 Å². The maximum Gasteiger partial charge on any atom is 0.320 e. The molecule has 2 nitrogen and oxygen atoms in total. The quantitative estimate of drug-likeness (QED) is 0.572. The second-order valence-electron chi connectivity index (χ2n) is 7.07. The maximum absolute atomic E-state index is 11.2. The van der Waals surface area contributed by atoms with Gasteiger partial charge in [0.25, 0.3) is 0 Å². The Balaban J connectivity index is 1.72. The fraction of sp³-hybridized carbons (Fsp3) is 0.929. The number of carbonyl (C=O) groups excluding carboxylic acids is 1. The summed E-state index contributed by atoms with van der Waals surface area (Å²) in [5.74, 6) is 1.50. The number of carbonyl (C=O) groups is 1. The van der Waals surface area contributed by atoms with Crippen molar-refractivity contribution in [1.82, 2.24) is 0 Å². The molecule has 0 N–H and O–H groups in total. The zero-order valence-corrected chi connectivity index (χ0v) is 11.3. The molecule has 4 fully saturated rings. The average molecular weight is 257 g/mol. The minimum absolute atomic E-state index is 0.0137. The summed E-state index contributed by atoms with van der Waals surface area (Å²) in [5.41, 5.74) is 0.817. The first-order chi connectivity index (χ1) is 8.03. The van der Waals surface area contributed by atoms with Gasteiger partial charge in [0.1, 0.15) is 5.88 Å². The Hall–Kier alpha value is -0.240. The molecule has 4 saturated carbocycles. The second-order valence-corrected chi connectivity index (χ2v) is 7.33. The van der Waals surface area contributed by atoms with Crippen molar-refractivity contribution in [3.63, 3.8) is 0 Å². The van der Waals surface area contributed by atoms with Crippen molar-refractivity contribution in [2.75, 3.05) is 12.5 Å². The highest BCUT2D eigenvalue weighted by Crippen LogP contribution is 2.65. The van der Waals surface area contributed by atoms with Crippen molar-refractivity contribution in [2.24, 2.45) is 22.7 Å². The Morgan fingerprint density at radius 2 is 1.94 bits per heavy atom. The first kappa shape index (κ1) is 11.8. The lowest BCUT2D eigenvalue weighted by molar-refractivity contribution is -0.160. The van der Waals surface area contributed by atoms with Crippen LogP contribution in [0.1, 0.15) is 45.4 Å². The molecule has 17 heavy (non-hydrogen) atoms. The topological polar surface area (TPSA) is 26.3 Å². The Morgan fingerprint density at radius 3 is 2.47 bits per heavy atom. The zero-order chi connectivity index (χ0) is 12.1. The molecule has 96 valence electrons. The molecule has 0 aromatic heterocycles. The van der Waals surface area contributed by atoms with Crippen LogP contribution in [0.5, 0.6) is 0 Å². The molecule has 0 aromatic rings. The summed E-state index contributed by atoms with van der Waals surface area (Å²) in [7, 11) is 0. The molecule has 0 amide bonds. The van der Waals surface area contributed by atoms with E-state index in [-0.39, 0.29) is 11.8 Å². The predicted molar refractivity (Wildman–Crippen MR) is 66.9 cm³/mol. The van der Waals surface area contributed by atoms with E-state index in [0.29, 0.717) is 17.4 Å². The van der Waals surface area contributed by atoms with Gasteiger partial charge in [-0.1, -0.05) is 6.92 Å². The van der Waals surface area contributed by atoms with E-state index in [1.54, 1.807) is 0 Å². The third-order valence-corrected chi connectivity index (χ3v) is 5.34. The van der Waals surface area contributed by atoms with Crippen LogP contribution >= 0.6 is 11.6 Å². The largest absolute Gasteiger partial charge is 0.464 e. The second kappa shape index (κ2) is 3.88. The summed E-state index contributed by atoms with van der Waals surface area (Å²) in [5, 5.41) is 0. The van der Waals surface area contributed by atoms with E-state index >= 15 is 0 Å². The summed E-state index contributed by atoms with van der Waals surface area (Å²) in [6.07, 6.45) is 8.01. The average Bonchev–Trinajstić information content (AvgIpc) is 2.22. The van der Waals surface area contributed by atoms with E-state index in [4.69, 9.17) is 16.3 Å². The molecular weight excluding hydrogens is 236 g/mol. The van der Waals surface area contributed by atoms with Crippen molar-refractivity contribution < 1.29 is 9.53 Å². The lowest BCUT2D eigenvalue weighted by Crippen LogP contribution is -2.52. The molecule has 2 unspecified atom stereocenters. The monoisotopic (exact) mass is 256 g/mol. The fourth-order valence-electron chi connectivity index (χ4n) is 5.37. The predicted octanol–water partition coefficient (Wildman–Crippen LogP) is 3.37. The van der Waals surface area contributed by atoms with Crippen molar-refractivity contribution in [2.45, 2.75) is 45.4 Å². The van der Waals surface area contributed by atoms with Crippen LogP contribution in [-0.4, -0.2) is 18.5 Å². The number of halogens is 1. The van der Waals surface area contributed by atoms with Gasteiger partial charge in [-0.3, -0.25) is 4.79 Å². The van der Waals surface area contributed by atoms with Crippen LogP contribution in [0.15, 0.2) is 0 Å². The van der Waals surface area contributed by atoms with Gasteiger partial charge in [-0.05, 0) is 55.8 Å². The van der Waals surface area contributed by atoms with Crippen molar-refractivity contribution in [1.29, 1.82) is 0 Å². The molecule has 0 aromatic carbocycles. The number of hydrogen-bond acceptors (Lipinski definition) is 2. The molecule has 2 atom stereocenters. The highest BCUT2D eigenvalue weighted by Gasteiger charge is 2.56. The minimum Gasteiger partial charge on any atom is -0.464 e. The van der Waals surface area contributed by atoms with Crippen LogP contribution in [0.2, 0.25) is 0 Å². The van der Waals surface area contributed by atoms with Crippen molar-refractivity contribution in [3.8, 4) is 0 Å². The lowest BCUT2D eigenvalue weighted by Gasteiger charge is -2.61. The van der Waals surface area contributed by atoms with Gasteiger partial charge in [-0.25, -0.2) is 0 Å². The molecule has 4 bridgehead atoms.